The maximum atomic E-state index is 13.0. The van der Waals surface area contributed by atoms with Gasteiger partial charge in [-0.2, -0.15) is 4.31 Å². The molecule has 0 spiro atoms. The summed E-state index contributed by atoms with van der Waals surface area (Å²) in [4.78, 5) is 0.372. The number of nitrogens with zero attached hydrogens (tertiary/aromatic N) is 1. The van der Waals surface area contributed by atoms with Crippen molar-refractivity contribution in [1.82, 2.24) is 4.31 Å². The summed E-state index contributed by atoms with van der Waals surface area (Å²) in [5, 5.41) is 0. The van der Waals surface area contributed by atoms with Crippen LogP contribution in [-0.4, -0.2) is 25.8 Å². The van der Waals surface area contributed by atoms with Crippen molar-refractivity contribution in [3.63, 3.8) is 0 Å². The second-order valence-corrected chi connectivity index (χ2v) is 7.33. The lowest BCUT2D eigenvalue weighted by atomic mass is 10.1. The highest BCUT2D eigenvalue weighted by molar-refractivity contribution is 7.89. The molecule has 5 heteroatoms. The molecule has 0 heterocycles. The van der Waals surface area contributed by atoms with Crippen molar-refractivity contribution in [3.05, 3.63) is 23.3 Å². The Kier molecular flexibility index (Phi) is 6.23. The lowest BCUT2D eigenvalue weighted by Gasteiger charge is -2.27. The summed E-state index contributed by atoms with van der Waals surface area (Å²) in [6, 6.07) is 3.68. The van der Waals surface area contributed by atoms with Gasteiger partial charge in [-0.05, 0) is 48.9 Å². The molecule has 0 aliphatic heterocycles. The van der Waals surface area contributed by atoms with E-state index in [-0.39, 0.29) is 6.04 Å². The van der Waals surface area contributed by atoms with Crippen molar-refractivity contribution in [1.29, 1.82) is 0 Å². The van der Waals surface area contributed by atoms with Gasteiger partial charge in [0.2, 0.25) is 10.0 Å². The van der Waals surface area contributed by atoms with Crippen molar-refractivity contribution in [2.24, 2.45) is 0 Å². The number of hydrogen-bond donors (Lipinski definition) is 1. The fourth-order valence-corrected chi connectivity index (χ4v) is 4.57. The van der Waals surface area contributed by atoms with Gasteiger partial charge in [0, 0.05) is 18.8 Å². The maximum Gasteiger partial charge on any atom is 0.243 e. The Labute approximate surface area is 129 Å². The summed E-state index contributed by atoms with van der Waals surface area (Å²) in [5.41, 5.74) is 8.33. The third kappa shape index (κ3) is 3.58. The van der Waals surface area contributed by atoms with Crippen LogP contribution in [0.15, 0.2) is 17.0 Å². The molecule has 0 bridgehead atoms. The van der Waals surface area contributed by atoms with Gasteiger partial charge in [0.1, 0.15) is 0 Å². The Morgan fingerprint density at radius 1 is 1.10 bits per heavy atom. The molecule has 0 aliphatic carbocycles. The molecule has 0 radical (unpaired) electrons. The monoisotopic (exact) mass is 312 g/mol. The Hall–Kier alpha value is -1.07. The second-order valence-electron chi connectivity index (χ2n) is 5.36. The molecule has 1 aromatic carbocycles. The number of rotatable bonds is 7. The van der Waals surface area contributed by atoms with Crippen molar-refractivity contribution in [3.8, 4) is 0 Å². The van der Waals surface area contributed by atoms with Crippen LogP contribution < -0.4 is 5.73 Å². The van der Waals surface area contributed by atoms with Crippen LogP contribution in [0.4, 0.5) is 5.69 Å². The summed E-state index contributed by atoms with van der Waals surface area (Å²) in [6.07, 6.45) is 2.99. The van der Waals surface area contributed by atoms with Crippen LogP contribution in [0.5, 0.6) is 0 Å². The van der Waals surface area contributed by atoms with E-state index in [2.05, 4.69) is 0 Å². The minimum absolute atomic E-state index is 0.0196. The van der Waals surface area contributed by atoms with Crippen LogP contribution in [0.2, 0.25) is 0 Å². The van der Waals surface area contributed by atoms with E-state index in [1.165, 1.54) is 4.31 Å². The fraction of sp³-hybridized carbons (Fsp3) is 0.625. The van der Waals surface area contributed by atoms with Crippen LogP contribution in [0.3, 0.4) is 0 Å². The molecule has 1 rings (SSSR count). The van der Waals surface area contributed by atoms with Crippen LogP contribution in [0.25, 0.3) is 0 Å². The van der Waals surface area contributed by atoms with Gasteiger partial charge in [-0.15, -0.1) is 0 Å². The van der Waals surface area contributed by atoms with Crippen molar-refractivity contribution < 1.29 is 8.42 Å². The third-order valence-electron chi connectivity index (χ3n) is 4.18. The number of nitrogens with two attached hydrogens (primary N) is 1. The summed E-state index contributed by atoms with van der Waals surface area (Å²) in [7, 11) is -1.84. The van der Waals surface area contributed by atoms with E-state index in [4.69, 9.17) is 5.73 Å². The van der Waals surface area contributed by atoms with Gasteiger partial charge in [-0.1, -0.05) is 27.7 Å². The molecular formula is C16H28N2O2S. The molecule has 4 nitrogen and oxygen atoms in total. The lowest BCUT2D eigenvalue weighted by Crippen LogP contribution is -2.36. The average molecular weight is 312 g/mol. The largest absolute Gasteiger partial charge is 0.398 e. The number of sulfonamides is 1. The van der Waals surface area contributed by atoms with Gasteiger partial charge in [0.15, 0.2) is 0 Å². The zero-order chi connectivity index (χ0) is 16.2. The first-order valence-corrected chi connectivity index (χ1v) is 9.16. The molecule has 0 amide bonds. The minimum atomic E-state index is -3.51. The van der Waals surface area contributed by atoms with E-state index in [0.29, 0.717) is 17.0 Å². The normalized spacial score (nSPS) is 12.3. The molecule has 1 aromatic rings. The molecule has 0 saturated carbocycles. The summed E-state index contributed by atoms with van der Waals surface area (Å²) in [6.45, 7) is 7.96. The minimum Gasteiger partial charge on any atom is -0.398 e. The molecule has 0 aliphatic rings. The highest BCUT2D eigenvalue weighted by atomic mass is 32.2. The molecule has 0 saturated heterocycles. The van der Waals surface area contributed by atoms with E-state index in [1.54, 1.807) is 13.1 Å². The summed E-state index contributed by atoms with van der Waals surface area (Å²) >= 11 is 0. The van der Waals surface area contributed by atoms with Crippen molar-refractivity contribution >= 4 is 15.7 Å². The van der Waals surface area contributed by atoms with Gasteiger partial charge in [0.25, 0.3) is 0 Å². The number of hydrogen-bond acceptors (Lipinski definition) is 3. The number of benzene rings is 1. The van der Waals surface area contributed by atoms with Crippen LogP contribution in [0.1, 0.15) is 51.7 Å². The van der Waals surface area contributed by atoms with Crippen molar-refractivity contribution in [2.75, 3.05) is 12.8 Å². The highest BCUT2D eigenvalue weighted by Crippen LogP contribution is 2.29. The van der Waals surface area contributed by atoms with E-state index in [0.717, 1.165) is 30.4 Å². The Balaban J connectivity index is 3.46. The van der Waals surface area contributed by atoms with Crippen molar-refractivity contribution in [2.45, 2.75) is 64.3 Å². The number of aryl methyl sites for hydroxylation is 1. The average Bonchev–Trinajstić information content (AvgIpc) is 2.47. The van der Waals surface area contributed by atoms with Crippen LogP contribution in [0, 0.1) is 0 Å². The van der Waals surface area contributed by atoms with Gasteiger partial charge in [-0.25, -0.2) is 8.42 Å². The summed E-state index contributed by atoms with van der Waals surface area (Å²) < 4.78 is 27.4. The zero-order valence-electron chi connectivity index (χ0n) is 13.8. The van der Waals surface area contributed by atoms with E-state index < -0.39 is 10.0 Å². The Bertz CT molecular complexity index is 578. The molecule has 0 fully saturated rings. The fourth-order valence-electron chi connectivity index (χ4n) is 2.69. The molecule has 0 atom stereocenters. The highest BCUT2D eigenvalue weighted by Gasteiger charge is 2.29. The first kappa shape index (κ1) is 18.0. The van der Waals surface area contributed by atoms with Crippen LogP contribution in [-0.2, 0) is 22.9 Å². The topological polar surface area (TPSA) is 63.4 Å². The quantitative estimate of drug-likeness (QED) is 0.786. The van der Waals surface area contributed by atoms with E-state index in [1.807, 2.05) is 33.8 Å². The molecule has 0 aromatic heterocycles. The smallest absolute Gasteiger partial charge is 0.243 e. The predicted molar refractivity (Wildman–Crippen MR) is 88.9 cm³/mol. The SMILES string of the molecule is CCc1cc(N)c(CC)c(S(=O)(=O)N(C)C(CC)CC)c1. The summed E-state index contributed by atoms with van der Waals surface area (Å²) in [5.74, 6) is 0. The Morgan fingerprint density at radius 3 is 2.10 bits per heavy atom. The second kappa shape index (κ2) is 7.27. The maximum absolute atomic E-state index is 13.0. The van der Waals surface area contributed by atoms with Gasteiger partial charge < -0.3 is 5.73 Å². The lowest BCUT2D eigenvalue weighted by molar-refractivity contribution is 0.349. The molecular weight excluding hydrogens is 284 g/mol. The Morgan fingerprint density at radius 2 is 1.67 bits per heavy atom. The van der Waals surface area contributed by atoms with E-state index >= 15 is 0 Å². The van der Waals surface area contributed by atoms with Crippen LogP contribution >= 0.6 is 0 Å². The molecule has 0 unspecified atom stereocenters. The molecule has 120 valence electrons. The zero-order valence-corrected chi connectivity index (χ0v) is 14.6. The first-order valence-electron chi connectivity index (χ1n) is 7.72. The van der Waals surface area contributed by atoms with Gasteiger partial charge in [0.05, 0.1) is 4.90 Å². The molecule has 21 heavy (non-hydrogen) atoms. The standard InChI is InChI=1S/C16H28N2O2S/c1-6-12-10-15(17)14(9-4)16(11-12)21(19,20)18(5)13(7-2)8-3/h10-11,13H,6-9,17H2,1-5H3. The molecule has 2 N–H and O–H groups in total. The predicted octanol–water partition coefficient (Wildman–Crippen LogP) is 3.20. The number of nitrogen functional groups attached to an aromatic ring is 1. The third-order valence-corrected chi connectivity index (χ3v) is 6.16. The first-order chi connectivity index (χ1) is 9.83. The van der Waals surface area contributed by atoms with Gasteiger partial charge >= 0.3 is 0 Å². The van der Waals surface area contributed by atoms with E-state index in [9.17, 15) is 8.42 Å². The number of anilines is 1. The van der Waals surface area contributed by atoms with Gasteiger partial charge in [-0.3, -0.25) is 0 Å².